The first-order chi connectivity index (χ1) is 16.2. The number of piperazine rings is 1. The van der Waals surface area contributed by atoms with Crippen molar-refractivity contribution in [3.8, 4) is 5.69 Å². The summed E-state index contributed by atoms with van der Waals surface area (Å²) in [5, 5.41) is 4.95. The van der Waals surface area contributed by atoms with E-state index in [1.807, 2.05) is 48.5 Å². The number of nitrogens with zero attached hydrogens (tertiary/aromatic N) is 5. The van der Waals surface area contributed by atoms with Gasteiger partial charge in [-0.3, -0.25) is 4.79 Å². The highest BCUT2D eigenvalue weighted by molar-refractivity contribution is 5.82. The van der Waals surface area contributed by atoms with Gasteiger partial charge in [0, 0.05) is 31.9 Å². The van der Waals surface area contributed by atoms with Crippen LogP contribution in [0.5, 0.6) is 0 Å². The molecule has 1 fully saturated rings. The molecule has 0 radical (unpaired) electrons. The third-order valence-corrected chi connectivity index (χ3v) is 5.93. The van der Waals surface area contributed by atoms with E-state index in [0.29, 0.717) is 16.9 Å². The first-order valence-electron chi connectivity index (χ1n) is 11.1. The lowest BCUT2D eigenvalue weighted by Gasteiger charge is -2.34. The van der Waals surface area contributed by atoms with Crippen molar-refractivity contribution >= 4 is 28.8 Å². The Morgan fingerprint density at radius 1 is 0.848 bits per heavy atom. The molecule has 166 valence electrons. The highest BCUT2D eigenvalue weighted by atomic mass is 16.1. The van der Waals surface area contributed by atoms with Crippen molar-refractivity contribution in [2.75, 3.05) is 43.6 Å². The van der Waals surface area contributed by atoms with Crippen LogP contribution in [0.3, 0.4) is 0 Å². The van der Waals surface area contributed by atoms with Gasteiger partial charge in [0.2, 0.25) is 5.95 Å². The van der Waals surface area contributed by atoms with Crippen molar-refractivity contribution < 1.29 is 0 Å². The lowest BCUT2D eigenvalue weighted by molar-refractivity contribution is 0.313. The molecule has 0 saturated carbocycles. The maximum atomic E-state index is 13.2. The number of likely N-dealkylation sites (N-methyl/N-ethyl adjacent to an activating group) is 1. The number of anilines is 2. The van der Waals surface area contributed by atoms with E-state index >= 15 is 0 Å². The third-order valence-electron chi connectivity index (χ3n) is 5.93. The molecule has 0 amide bonds. The Balaban J connectivity index is 1.40. The number of para-hydroxylation sites is 2. The van der Waals surface area contributed by atoms with Gasteiger partial charge in [0.15, 0.2) is 0 Å². The van der Waals surface area contributed by atoms with Crippen LogP contribution >= 0.6 is 0 Å². The summed E-state index contributed by atoms with van der Waals surface area (Å²) in [6.07, 6.45) is 1.74. The van der Waals surface area contributed by atoms with Gasteiger partial charge in [0.05, 0.1) is 22.8 Å². The van der Waals surface area contributed by atoms with Crippen LogP contribution in [0.15, 0.2) is 88.8 Å². The van der Waals surface area contributed by atoms with Crippen molar-refractivity contribution in [3.63, 3.8) is 0 Å². The number of benzene rings is 3. The molecular formula is C26H26N6O. The number of hydrogen-bond acceptors (Lipinski definition) is 6. The third kappa shape index (κ3) is 4.49. The predicted octanol–water partition coefficient (Wildman–Crippen LogP) is 3.58. The molecule has 1 N–H and O–H groups in total. The molecule has 1 aromatic heterocycles. The van der Waals surface area contributed by atoms with Crippen molar-refractivity contribution in [3.05, 3.63) is 94.8 Å². The van der Waals surface area contributed by atoms with E-state index in [4.69, 9.17) is 0 Å². The Morgan fingerprint density at radius 2 is 1.55 bits per heavy atom. The molecule has 3 aromatic carbocycles. The zero-order valence-corrected chi connectivity index (χ0v) is 18.6. The van der Waals surface area contributed by atoms with Crippen LogP contribution in [-0.4, -0.2) is 53.9 Å². The van der Waals surface area contributed by atoms with Gasteiger partial charge in [-0.2, -0.15) is 5.10 Å². The quantitative estimate of drug-likeness (QED) is 0.381. The Labute approximate surface area is 192 Å². The van der Waals surface area contributed by atoms with Crippen LogP contribution in [0.4, 0.5) is 11.6 Å². The van der Waals surface area contributed by atoms with E-state index in [1.165, 1.54) is 5.69 Å². The van der Waals surface area contributed by atoms with Gasteiger partial charge >= 0.3 is 0 Å². The molecule has 0 spiro atoms. The first kappa shape index (κ1) is 20.9. The highest BCUT2D eigenvalue weighted by Crippen LogP contribution is 2.18. The summed E-state index contributed by atoms with van der Waals surface area (Å²) in [5.41, 5.74) is 6.40. The molecule has 4 aromatic rings. The maximum Gasteiger partial charge on any atom is 0.267 e. The van der Waals surface area contributed by atoms with Crippen LogP contribution < -0.4 is 15.9 Å². The van der Waals surface area contributed by atoms with Crippen molar-refractivity contribution in [2.24, 2.45) is 5.10 Å². The van der Waals surface area contributed by atoms with Crippen LogP contribution in [0.1, 0.15) is 5.56 Å². The van der Waals surface area contributed by atoms with E-state index in [2.05, 4.69) is 56.6 Å². The van der Waals surface area contributed by atoms with E-state index < -0.39 is 0 Å². The topological polar surface area (TPSA) is 65.8 Å². The summed E-state index contributed by atoms with van der Waals surface area (Å²) >= 11 is 0. The number of nitrogens with one attached hydrogen (secondary N) is 1. The number of hydrazone groups is 1. The summed E-state index contributed by atoms with van der Waals surface area (Å²) in [4.78, 5) is 22.6. The number of hydrogen-bond donors (Lipinski definition) is 1. The summed E-state index contributed by atoms with van der Waals surface area (Å²) in [7, 11) is 2.16. The standard InChI is InChI=1S/C26H26N6O/c1-30-15-17-31(18-16-30)21-13-11-20(12-14-21)19-27-29-26-28-24-10-6-5-9-23(24)25(33)32(26)22-7-3-2-4-8-22/h2-14,19H,15-18H2,1H3,(H,28,29)/b27-19+. The molecule has 1 aliphatic heterocycles. The van der Waals surface area contributed by atoms with Crippen LogP contribution in [0.2, 0.25) is 0 Å². The molecule has 0 unspecified atom stereocenters. The van der Waals surface area contributed by atoms with Crippen LogP contribution in [-0.2, 0) is 0 Å². The highest BCUT2D eigenvalue weighted by Gasteiger charge is 2.14. The van der Waals surface area contributed by atoms with Gasteiger partial charge in [-0.15, -0.1) is 0 Å². The predicted molar refractivity (Wildman–Crippen MR) is 135 cm³/mol. The largest absolute Gasteiger partial charge is 0.369 e. The molecule has 2 heterocycles. The summed E-state index contributed by atoms with van der Waals surface area (Å²) < 4.78 is 1.55. The molecule has 5 rings (SSSR count). The Morgan fingerprint density at radius 3 is 2.30 bits per heavy atom. The second-order valence-electron chi connectivity index (χ2n) is 8.18. The van der Waals surface area contributed by atoms with Crippen molar-refractivity contribution in [1.82, 2.24) is 14.5 Å². The minimum Gasteiger partial charge on any atom is -0.369 e. The molecule has 0 atom stereocenters. The normalized spacial score (nSPS) is 14.8. The fraction of sp³-hybridized carbons (Fsp3) is 0.192. The van der Waals surface area contributed by atoms with Gasteiger partial charge in [0.1, 0.15) is 0 Å². The van der Waals surface area contributed by atoms with Crippen LogP contribution in [0, 0.1) is 0 Å². The van der Waals surface area contributed by atoms with E-state index in [1.54, 1.807) is 16.8 Å². The smallest absolute Gasteiger partial charge is 0.267 e. The molecule has 0 bridgehead atoms. The number of aromatic nitrogens is 2. The van der Waals surface area contributed by atoms with E-state index in [-0.39, 0.29) is 5.56 Å². The Hall–Kier alpha value is -3.97. The van der Waals surface area contributed by atoms with Crippen LogP contribution in [0.25, 0.3) is 16.6 Å². The van der Waals surface area contributed by atoms with E-state index in [0.717, 1.165) is 37.4 Å². The summed E-state index contributed by atoms with van der Waals surface area (Å²) in [5.74, 6) is 0.371. The van der Waals surface area contributed by atoms with Gasteiger partial charge in [-0.05, 0) is 49.0 Å². The second-order valence-corrected chi connectivity index (χ2v) is 8.18. The van der Waals surface area contributed by atoms with Crippen molar-refractivity contribution in [2.45, 2.75) is 0 Å². The Bertz CT molecular complexity index is 1320. The number of fused-ring (bicyclic) bond motifs is 1. The molecule has 7 nitrogen and oxygen atoms in total. The number of rotatable bonds is 5. The molecule has 1 saturated heterocycles. The van der Waals surface area contributed by atoms with Gasteiger partial charge < -0.3 is 9.80 Å². The monoisotopic (exact) mass is 438 g/mol. The molecular weight excluding hydrogens is 412 g/mol. The van der Waals surface area contributed by atoms with Gasteiger partial charge in [0.25, 0.3) is 5.56 Å². The lowest BCUT2D eigenvalue weighted by atomic mass is 10.2. The average molecular weight is 439 g/mol. The molecule has 7 heteroatoms. The van der Waals surface area contributed by atoms with Gasteiger partial charge in [-0.1, -0.05) is 42.5 Å². The molecule has 33 heavy (non-hydrogen) atoms. The van der Waals surface area contributed by atoms with Gasteiger partial charge in [-0.25, -0.2) is 15.0 Å². The average Bonchev–Trinajstić information content (AvgIpc) is 2.86. The first-order valence-corrected chi connectivity index (χ1v) is 11.1. The summed E-state index contributed by atoms with van der Waals surface area (Å²) in [6, 6.07) is 25.2. The van der Waals surface area contributed by atoms with E-state index in [9.17, 15) is 4.79 Å². The molecule has 0 aliphatic carbocycles. The maximum absolute atomic E-state index is 13.2. The Kier molecular flexibility index (Phi) is 5.87. The lowest BCUT2D eigenvalue weighted by Crippen LogP contribution is -2.44. The molecule has 1 aliphatic rings. The van der Waals surface area contributed by atoms with Crippen molar-refractivity contribution in [1.29, 1.82) is 0 Å². The minimum atomic E-state index is -0.138. The SMILES string of the molecule is CN1CCN(c2ccc(/C=N/Nc3nc4ccccc4c(=O)n3-c3ccccc3)cc2)CC1. The fourth-order valence-electron chi connectivity index (χ4n) is 4.02. The summed E-state index contributed by atoms with van der Waals surface area (Å²) in [6.45, 7) is 4.23. The fourth-order valence-corrected chi connectivity index (χ4v) is 4.02. The minimum absolute atomic E-state index is 0.138. The zero-order valence-electron chi connectivity index (χ0n) is 18.6. The zero-order chi connectivity index (χ0) is 22.6. The second kappa shape index (κ2) is 9.26.